The lowest BCUT2D eigenvalue weighted by Crippen LogP contribution is -2.54. The molecule has 1 saturated heterocycles. The molecule has 0 bridgehead atoms. The van der Waals surface area contributed by atoms with Crippen LogP contribution in [0, 0.1) is 0 Å². The highest BCUT2D eigenvalue weighted by molar-refractivity contribution is 7.18. The minimum atomic E-state index is -4.63. The minimum Gasteiger partial charge on any atom is -0.433 e. The number of carbonyl (C=O) groups is 3. The number of rotatable bonds is 11. The van der Waals surface area contributed by atoms with Crippen LogP contribution in [0.1, 0.15) is 22.5 Å². The van der Waals surface area contributed by atoms with Gasteiger partial charge in [0, 0.05) is 30.9 Å². The molecule has 40 heavy (non-hydrogen) atoms. The Morgan fingerprint density at radius 3 is 2.58 bits per heavy atom. The number of benzene rings is 1. The summed E-state index contributed by atoms with van der Waals surface area (Å²) in [5, 5.41) is 4.93. The van der Waals surface area contributed by atoms with Crippen LogP contribution in [0.3, 0.4) is 0 Å². The summed E-state index contributed by atoms with van der Waals surface area (Å²) in [7, 11) is 0. The van der Waals surface area contributed by atoms with Gasteiger partial charge in [0.05, 0.1) is 28.1 Å². The van der Waals surface area contributed by atoms with Crippen LogP contribution in [0.2, 0.25) is 4.34 Å². The zero-order chi connectivity index (χ0) is 29.0. The molecule has 9 nitrogen and oxygen atoms in total. The van der Waals surface area contributed by atoms with Gasteiger partial charge in [0.1, 0.15) is 12.6 Å². The third-order valence-electron chi connectivity index (χ3n) is 6.05. The molecule has 2 aromatic rings. The van der Waals surface area contributed by atoms with E-state index < -0.39 is 61.4 Å². The van der Waals surface area contributed by atoms with Crippen molar-refractivity contribution in [2.45, 2.75) is 37.7 Å². The number of nitrogens with zero attached hydrogens (tertiary/aromatic N) is 2. The van der Waals surface area contributed by atoms with E-state index in [0.29, 0.717) is 17.2 Å². The third kappa shape index (κ3) is 8.02. The van der Waals surface area contributed by atoms with E-state index in [1.165, 1.54) is 29.2 Å². The number of ether oxygens (including phenoxy) is 2. The van der Waals surface area contributed by atoms with E-state index in [1.54, 1.807) is 0 Å². The number of anilines is 2. The number of nitrogens with one attached hydrogen (secondary N) is 2. The molecule has 1 aliphatic carbocycles. The van der Waals surface area contributed by atoms with Gasteiger partial charge in [0.2, 0.25) is 5.91 Å². The Hall–Kier alpha value is -3.01. The molecule has 0 unspecified atom stereocenters. The normalized spacial score (nSPS) is 16.8. The Morgan fingerprint density at radius 2 is 1.98 bits per heavy atom. The Bertz CT molecular complexity index is 1240. The summed E-state index contributed by atoms with van der Waals surface area (Å²) in [5.74, 6) is -2.43. The summed E-state index contributed by atoms with van der Waals surface area (Å²) >= 11 is 6.81. The topological polar surface area (TPSA) is 100 Å². The lowest BCUT2D eigenvalue weighted by atomic mass is 10.1. The quantitative estimate of drug-likeness (QED) is 0.371. The highest BCUT2D eigenvalue weighted by Crippen LogP contribution is 2.35. The fourth-order valence-electron chi connectivity index (χ4n) is 4.18. The second-order valence-corrected chi connectivity index (χ2v) is 10.7. The van der Waals surface area contributed by atoms with Crippen LogP contribution in [-0.2, 0) is 14.3 Å². The second kappa shape index (κ2) is 12.7. The zero-order valence-electron chi connectivity index (χ0n) is 20.7. The number of amides is 3. The van der Waals surface area contributed by atoms with E-state index in [4.69, 9.17) is 16.3 Å². The summed E-state index contributed by atoms with van der Waals surface area (Å²) in [6.07, 6.45) is -3.76. The van der Waals surface area contributed by atoms with Crippen LogP contribution in [0.25, 0.3) is 0 Å². The zero-order valence-corrected chi connectivity index (χ0v) is 22.3. The van der Waals surface area contributed by atoms with Gasteiger partial charge >= 0.3 is 12.8 Å². The van der Waals surface area contributed by atoms with E-state index in [9.17, 15) is 36.3 Å². The van der Waals surface area contributed by atoms with Crippen LogP contribution in [-0.4, -0.2) is 80.3 Å². The molecule has 16 heteroatoms. The number of alkyl halides is 5. The molecular weight excluding hydrogens is 587 g/mol. The summed E-state index contributed by atoms with van der Waals surface area (Å²) in [5.41, 5.74) is -0.0454. The van der Waals surface area contributed by atoms with Crippen LogP contribution >= 0.6 is 22.9 Å². The van der Waals surface area contributed by atoms with Gasteiger partial charge in [-0.25, -0.2) is 0 Å². The summed E-state index contributed by atoms with van der Waals surface area (Å²) in [6, 6.07) is 4.59. The van der Waals surface area contributed by atoms with Crippen molar-refractivity contribution in [1.29, 1.82) is 0 Å². The summed E-state index contributed by atoms with van der Waals surface area (Å²) in [4.78, 5) is 40.5. The van der Waals surface area contributed by atoms with Crippen molar-refractivity contribution >= 4 is 52.0 Å². The summed E-state index contributed by atoms with van der Waals surface area (Å²) < 4.78 is 76.6. The van der Waals surface area contributed by atoms with Gasteiger partial charge in [-0.15, -0.1) is 11.3 Å². The fourth-order valence-corrected chi connectivity index (χ4v) is 5.14. The molecule has 1 saturated carbocycles. The average Bonchev–Trinajstić information content (AvgIpc) is 3.62. The van der Waals surface area contributed by atoms with Crippen LogP contribution in [0.15, 0.2) is 30.3 Å². The van der Waals surface area contributed by atoms with E-state index in [2.05, 4.69) is 15.4 Å². The van der Waals surface area contributed by atoms with Gasteiger partial charge in [-0.1, -0.05) is 11.6 Å². The smallest absolute Gasteiger partial charge is 0.401 e. The Labute approximate surface area is 234 Å². The number of carbonyl (C=O) groups excluding carboxylic acids is 3. The molecule has 3 amide bonds. The predicted molar refractivity (Wildman–Crippen MR) is 136 cm³/mol. The van der Waals surface area contributed by atoms with Crippen LogP contribution in [0.4, 0.5) is 33.3 Å². The lowest BCUT2D eigenvalue weighted by molar-refractivity contribution is -0.155. The van der Waals surface area contributed by atoms with Crippen LogP contribution < -0.4 is 20.3 Å². The first-order valence-corrected chi connectivity index (χ1v) is 13.2. The van der Waals surface area contributed by atoms with Crippen molar-refractivity contribution < 1.29 is 45.8 Å². The lowest BCUT2D eigenvalue weighted by Gasteiger charge is -2.32. The van der Waals surface area contributed by atoms with Crippen molar-refractivity contribution in [3.05, 3.63) is 39.5 Å². The van der Waals surface area contributed by atoms with E-state index >= 15 is 0 Å². The third-order valence-corrected chi connectivity index (χ3v) is 7.28. The first-order chi connectivity index (χ1) is 18.9. The van der Waals surface area contributed by atoms with Gasteiger partial charge in [0.15, 0.2) is 5.75 Å². The largest absolute Gasteiger partial charge is 0.433 e. The Kier molecular flexibility index (Phi) is 9.48. The molecular formula is C24H24ClF5N4O5S. The molecule has 1 aromatic heterocycles. The highest BCUT2D eigenvalue weighted by atomic mass is 35.5. The van der Waals surface area contributed by atoms with Crippen molar-refractivity contribution in [3.63, 3.8) is 0 Å². The molecule has 218 valence electrons. The Balaban J connectivity index is 1.57. The van der Waals surface area contributed by atoms with E-state index in [-0.39, 0.29) is 36.0 Å². The fraction of sp³-hybridized carbons (Fsp3) is 0.458. The monoisotopic (exact) mass is 610 g/mol. The number of hydrogen-bond acceptors (Lipinski definition) is 7. The summed E-state index contributed by atoms with van der Waals surface area (Å²) in [6.45, 7) is -5.13. The molecule has 0 radical (unpaired) electrons. The van der Waals surface area contributed by atoms with E-state index in [0.717, 1.165) is 22.3 Å². The molecule has 1 aromatic carbocycles. The average molecular weight is 611 g/mol. The van der Waals surface area contributed by atoms with Crippen LogP contribution in [0.5, 0.6) is 5.75 Å². The molecule has 1 atom stereocenters. The number of hydrogen-bond donors (Lipinski definition) is 2. The van der Waals surface area contributed by atoms with Gasteiger partial charge in [-0.05, 0) is 37.1 Å². The molecule has 2 heterocycles. The van der Waals surface area contributed by atoms with Gasteiger partial charge < -0.3 is 25.0 Å². The van der Waals surface area contributed by atoms with Gasteiger partial charge in [0.25, 0.3) is 11.8 Å². The maximum absolute atomic E-state index is 13.4. The molecule has 2 N–H and O–H groups in total. The standard InChI is InChI=1S/C24H24ClF5N4O5S/c25-19-6-5-18(40-19)22(37)31-10-16(34(14-2-3-14)12-24(28,29)30)21(36)32-13-1-4-15(17(9-13)39-23(26)27)33-7-8-38-11-20(33)35/h1,4-6,9,14,16,23H,2-3,7-8,10-12H2,(H,31,37)(H,32,36)/t16-/m0/s1. The molecule has 0 spiro atoms. The van der Waals surface area contributed by atoms with Crippen molar-refractivity contribution in [2.75, 3.05) is 43.1 Å². The van der Waals surface area contributed by atoms with Gasteiger partial charge in [-0.3, -0.25) is 19.3 Å². The number of thiophene rings is 1. The Morgan fingerprint density at radius 1 is 1.23 bits per heavy atom. The minimum absolute atomic E-state index is 0.0155. The highest BCUT2D eigenvalue weighted by Gasteiger charge is 2.44. The molecule has 2 fully saturated rings. The first kappa shape index (κ1) is 30.0. The molecule has 1 aliphatic heterocycles. The number of morpholine rings is 1. The van der Waals surface area contributed by atoms with E-state index in [1.807, 2.05) is 0 Å². The molecule has 2 aliphatic rings. The molecule has 4 rings (SSSR count). The second-order valence-electron chi connectivity index (χ2n) is 9.00. The predicted octanol–water partition coefficient (Wildman–Crippen LogP) is 4.13. The number of halogens is 6. The first-order valence-electron chi connectivity index (χ1n) is 12.0. The SMILES string of the molecule is O=C(NC[C@@H](C(=O)Nc1ccc(N2CCOCC2=O)c(OC(F)F)c1)N(CC(F)(F)F)C1CC1)c1ccc(Cl)s1. The maximum atomic E-state index is 13.4. The van der Waals surface area contributed by atoms with Crippen molar-refractivity contribution in [3.8, 4) is 5.75 Å². The van der Waals surface area contributed by atoms with Crippen molar-refractivity contribution in [1.82, 2.24) is 10.2 Å². The van der Waals surface area contributed by atoms with Crippen molar-refractivity contribution in [2.24, 2.45) is 0 Å². The maximum Gasteiger partial charge on any atom is 0.401 e. The van der Waals surface area contributed by atoms with Gasteiger partial charge in [-0.2, -0.15) is 22.0 Å².